The minimum Gasteiger partial charge on any atom is -0.340 e. The molecule has 1 aliphatic rings. The molecule has 0 amide bonds. The third-order valence-electron chi connectivity index (χ3n) is 4.01. The van der Waals surface area contributed by atoms with E-state index in [9.17, 15) is 0 Å². The van der Waals surface area contributed by atoms with E-state index in [4.69, 9.17) is 0 Å². The monoisotopic (exact) mass is 237 g/mol. The van der Waals surface area contributed by atoms with Crippen molar-refractivity contribution >= 4 is 10.9 Å². The van der Waals surface area contributed by atoms with Crippen LogP contribution in [0.4, 0.5) is 0 Å². The first-order valence-corrected chi connectivity index (χ1v) is 6.68. The van der Waals surface area contributed by atoms with E-state index in [1.54, 1.807) is 5.56 Å². The average molecular weight is 237 g/mol. The molecule has 1 aromatic heterocycles. The summed E-state index contributed by atoms with van der Waals surface area (Å²) in [4.78, 5) is 0. The fraction of sp³-hybridized carbons (Fsp3) is 0.294. The van der Waals surface area contributed by atoms with E-state index in [1.165, 1.54) is 29.4 Å². The maximum absolute atomic E-state index is 3.90. The minimum absolute atomic E-state index is 0.643. The number of aromatic nitrogens is 1. The van der Waals surface area contributed by atoms with Gasteiger partial charge in [0.15, 0.2) is 0 Å². The van der Waals surface area contributed by atoms with Crippen molar-refractivity contribution in [2.45, 2.75) is 31.7 Å². The molecule has 0 radical (unpaired) electrons. The molecule has 0 N–H and O–H groups in total. The Labute approximate surface area is 108 Å². The fourth-order valence-electron chi connectivity index (χ4n) is 3.34. The summed E-state index contributed by atoms with van der Waals surface area (Å²) in [6.07, 6.45) is 7.60. The third-order valence-corrected chi connectivity index (χ3v) is 4.01. The van der Waals surface area contributed by atoms with Crippen molar-refractivity contribution < 1.29 is 0 Å². The van der Waals surface area contributed by atoms with Crippen molar-refractivity contribution in [3.63, 3.8) is 0 Å². The summed E-state index contributed by atoms with van der Waals surface area (Å²) < 4.78 is 2.44. The van der Waals surface area contributed by atoms with E-state index in [2.05, 4.69) is 48.1 Å². The Bertz CT molecular complexity index is 603. The van der Waals surface area contributed by atoms with Crippen molar-refractivity contribution in [2.24, 2.45) is 0 Å². The molecule has 1 aliphatic carbocycles. The first kappa shape index (κ1) is 11.3. The lowest BCUT2D eigenvalue weighted by Crippen LogP contribution is -2.04. The fourth-order valence-corrected chi connectivity index (χ4v) is 3.34. The molecule has 0 bridgehead atoms. The van der Waals surface area contributed by atoms with E-state index in [0.717, 1.165) is 13.0 Å². The molecule has 2 aromatic rings. The van der Waals surface area contributed by atoms with Crippen LogP contribution in [0.1, 0.15) is 30.0 Å². The smallest absolute Gasteiger partial charge is 0.0488 e. The summed E-state index contributed by atoms with van der Waals surface area (Å²) in [5, 5.41) is 1.43. The zero-order valence-electron chi connectivity index (χ0n) is 10.7. The molecule has 0 spiro atoms. The van der Waals surface area contributed by atoms with Crippen LogP contribution in [0.15, 0.2) is 49.6 Å². The Morgan fingerprint density at radius 1 is 1.22 bits per heavy atom. The van der Waals surface area contributed by atoms with Gasteiger partial charge in [-0.05, 0) is 30.9 Å². The first-order valence-electron chi connectivity index (χ1n) is 6.68. The third kappa shape index (κ3) is 1.54. The molecule has 1 aromatic carbocycles. The lowest BCUT2D eigenvalue weighted by molar-refractivity contribution is 0.636. The van der Waals surface area contributed by atoms with Gasteiger partial charge in [0.2, 0.25) is 0 Å². The molecule has 1 unspecified atom stereocenters. The van der Waals surface area contributed by atoms with Crippen molar-refractivity contribution in [3.05, 3.63) is 60.8 Å². The molecule has 0 saturated heterocycles. The molecular weight excluding hydrogens is 218 g/mol. The predicted molar refractivity (Wildman–Crippen MR) is 78.0 cm³/mol. The second-order valence-corrected chi connectivity index (χ2v) is 5.04. The highest BCUT2D eigenvalue weighted by atomic mass is 15.0. The number of allylic oxidation sites excluding steroid dienone is 2. The van der Waals surface area contributed by atoms with Gasteiger partial charge < -0.3 is 4.57 Å². The summed E-state index contributed by atoms with van der Waals surface area (Å²) >= 11 is 0. The van der Waals surface area contributed by atoms with Crippen LogP contribution in [-0.4, -0.2) is 4.57 Å². The van der Waals surface area contributed by atoms with Crippen molar-refractivity contribution in [1.82, 2.24) is 4.57 Å². The second kappa shape index (κ2) is 4.49. The zero-order valence-corrected chi connectivity index (χ0v) is 10.7. The number of hydrogen-bond acceptors (Lipinski definition) is 0. The highest BCUT2D eigenvalue weighted by Gasteiger charge is 2.28. The summed E-state index contributed by atoms with van der Waals surface area (Å²) in [6, 6.07) is 8.74. The predicted octanol–water partition coefficient (Wildman–Crippen LogP) is 4.43. The van der Waals surface area contributed by atoms with Gasteiger partial charge in [-0.15, -0.1) is 13.2 Å². The summed E-state index contributed by atoms with van der Waals surface area (Å²) in [6.45, 7) is 8.70. The van der Waals surface area contributed by atoms with Gasteiger partial charge in [0.05, 0.1) is 0 Å². The van der Waals surface area contributed by atoms with Gasteiger partial charge in [0, 0.05) is 29.1 Å². The second-order valence-electron chi connectivity index (χ2n) is 5.04. The molecule has 1 heteroatoms. The highest BCUT2D eigenvalue weighted by Crippen LogP contribution is 2.41. The summed E-state index contributed by atoms with van der Waals surface area (Å²) in [5.41, 5.74) is 4.44. The maximum Gasteiger partial charge on any atom is 0.0488 e. The molecule has 1 nitrogen and oxygen atoms in total. The van der Waals surface area contributed by atoms with Crippen molar-refractivity contribution in [3.8, 4) is 0 Å². The Morgan fingerprint density at radius 2 is 2.06 bits per heavy atom. The van der Waals surface area contributed by atoms with Crippen LogP contribution in [0.5, 0.6) is 0 Å². The molecule has 18 heavy (non-hydrogen) atoms. The van der Waals surface area contributed by atoms with Crippen LogP contribution in [-0.2, 0) is 13.0 Å². The van der Waals surface area contributed by atoms with Gasteiger partial charge in [-0.25, -0.2) is 0 Å². The lowest BCUT2D eigenvalue weighted by atomic mass is 10.0. The Hall–Kier alpha value is -1.76. The molecule has 1 heterocycles. The number of fused-ring (bicyclic) bond motifs is 3. The normalized spacial score (nSPS) is 17.9. The SMILES string of the molecule is C=CCC1CCc2c1n(CC=C)c1ccccc21. The van der Waals surface area contributed by atoms with E-state index in [-0.39, 0.29) is 0 Å². The van der Waals surface area contributed by atoms with Crippen LogP contribution in [0.3, 0.4) is 0 Å². The lowest BCUT2D eigenvalue weighted by Gasteiger charge is -2.13. The van der Waals surface area contributed by atoms with Gasteiger partial charge in [-0.2, -0.15) is 0 Å². The highest BCUT2D eigenvalue weighted by molar-refractivity contribution is 5.86. The molecule has 0 fully saturated rings. The molecule has 0 aliphatic heterocycles. The van der Waals surface area contributed by atoms with Gasteiger partial charge in [-0.3, -0.25) is 0 Å². The van der Waals surface area contributed by atoms with Gasteiger partial charge in [0.25, 0.3) is 0 Å². The molecule has 1 atom stereocenters. The van der Waals surface area contributed by atoms with Gasteiger partial charge in [-0.1, -0.05) is 30.4 Å². The van der Waals surface area contributed by atoms with E-state index >= 15 is 0 Å². The van der Waals surface area contributed by atoms with E-state index in [1.807, 2.05) is 6.08 Å². The summed E-state index contributed by atoms with van der Waals surface area (Å²) in [5.74, 6) is 0.643. The van der Waals surface area contributed by atoms with E-state index < -0.39 is 0 Å². The van der Waals surface area contributed by atoms with Crippen molar-refractivity contribution in [2.75, 3.05) is 0 Å². The number of benzene rings is 1. The number of rotatable bonds is 4. The number of para-hydroxylation sites is 1. The largest absolute Gasteiger partial charge is 0.340 e. The molecule has 0 saturated carbocycles. The van der Waals surface area contributed by atoms with Crippen LogP contribution in [0.2, 0.25) is 0 Å². The van der Waals surface area contributed by atoms with Crippen LogP contribution < -0.4 is 0 Å². The molecule has 3 rings (SSSR count). The van der Waals surface area contributed by atoms with Crippen LogP contribution >= 0.6 is 0 Å². The summed E-state index contributed by atoms with van der Waals surface area (Å²) in [7, 11) is 0. The Kier molecular flexibility index (Phi) is 2.83. The van der Waals surface area contributed by atoms with Crippen molar-refractivity contribution in [1.29, 1.82) is 0 Å². The average Bonchev–Trinajstić information content (AvgIpc) is 2.92. The number of aryl methyl sites for hydroxylation is 1. The van der Waals surface area contributed by atoms with Gasteiger partial charge >= 0.3 is 0 Å². The molecule has 92 valence electrons. The molecular formula is C17H19N. The number of nitrogens with zero attached hydrogens (tertiary/aromatic N) is 1. The van der Waals surface area contributed by atoms with Gasteiger partial charge in [0.1, 0.15) is 0 Å². The van der Waals surface area contributed by atoms with Crippen LogP contribution in [0.25, 0.3) is 10.9 Å². The van der Waals surface area contributed by atoms with E-state index in [0.29, 0.717) is 5.92 Å². The zero-order chi connectivity index (χ0) is 12.5. The van der Waals surface area contributed by atoms with Crippen LogP contribution in [0, 0.1) is 0 Å². The quantitative estimate of drug-likeness (QED) is 0.693. The Balaban J connectivity index is 2.24. The Morgan fingerprint density at radius 3 is 2.83 bits per heavy atom. The topological polar surface area (TPSA) is 4.93 Å². The standard InChI is InChI=1S/C17H19N/c1-3-7-13-10-11-15-14-8-5-6-9-16(14)18(12-4-2)17(13)15/h3-6,8-9,13H,1-2,7,10-12H2. The first-order chi connectivity index (χ1) is 8.86. The number of hydrogen-bond donors (Lipinski definition) is 0. The maximum atomic E-state index is 3.90. The minimum atomic E-state index is 0.643.